The molecule has 2 aliphatic heterocycles. The Morgan fingerprint density at radius 2 is 1.81 bits per heavy atom. The summed E-state index contributed by atoms with van der Waals surface area (Å²) in [5, 5.41) is 3.46. The average molecular weight is 462 g/mol. The number of nitrogens with one attached hydrogen (secondary N) is 1. The van der Waals surface area contributed by atoms with Crippen molar-refractivity contribution in [1.82, 2.24) is 10.2 Å². The van der Waals surface area contributed by atoms with Crippen molar-refractivity contribution in [2.24, 2.45) is 0 Å². The van der Waals surface area contributed by atoms with Crippen LogP contribution in [0.25, 0.3) is 0 Å². The average Bonchev–Trinajstić information content (AvgIpc) is 3.05. The molecule has 0 saturated carbocycles. The number of thiocarbonyl (C=S) groups is 1. The number of hydrogen-bond acceptors (Lipinski definition) is 4. The summed E-state index contributed by atoms with van der Waals surface area (Å²) in [7, 11) is 1.59. The lowest BCUT2D eigenvalue weighted by molar-refractivity contribution is -0.153. The van der Waals surface area contributed by atoms with Crippen molar-refractivity contribution < 1.29 is 27.4 Å². The molecule has 2 heterocycles. The van der Waals surface area contributed by atoms with E-state index < -0.39 is 23.9 Å². The first-order valence-corrected chi connectivity index (χ1v) is 10.8. The van der Waals surface area contributed by atoms with Crippen LogP contribution in [0, 0.1) is 0 Å². The Hall–Kier alpha value is -2.81. The molecule has 0 aromatic heterocycles. The second-order valence-electron chi connectivity index (χ2n) is 8.47. The number of halogens is 3. The summed E-state index contributed by atoms with van der Waals surface area (Å²) >= 11 is 5.40. The van der Waals surface area contributed by atoms with Crippen molar-refractivity contribution in [3.8, 4) is 11.5 Å². The molecule has 32 heavy (non-hydrogen) atoms. The van der Waals surface area contributed by atoms with Gasteiger partial charge in [-0.2, -0.15) is 13.2 Å². The number of benzene rings is 2. The van der Waals surface area contributed by atoms with Gasteiger partial charge >= 0.3 is 6.18 Å². The van der Waals surface area contributed by atoms with Crippen LogP contribution in [-0.4, -0.2) is 41.4 Å². The van der Waals surface area contributed by atoms with E-state index in [0.717, 1.165) is 0 Å². The summed E-state index contributed by atoms with van der Waals surface area (Å²) in [5.41, 5.74) is 0.598. The summed E-state index contributed by atoms with van der Waals surface area (Å²) in [4.78, 5) is 15.0. The largest absolute Gasteiger partial charge is 0.484 e. The van der Waals surface area contributed by atoms with E-state index in [4.69, 9.17) is 21.7 Å². The maximum atomic E-state index is 13.7. The standard InChI is InChI=1S/C23H21F3N2O3S/c1-28-19(29)23(27-20(28)32)17-12-16(30-13-22(24,25)26)6-7-18(17)31-21(23)10-8-14-4-2-3-5-15(14)9-11-21/h2-7,12H,8-11,13H2,1H3,(H,27,32). The number of alkyl halides is 3. The lowest BCUT2D eigenvalue weighted by Gasteiger charge is -2.40. The zero-order valence-electron chi connectivity index (χ0n) is 17.3. The second kappa shape index (κ2) is 7.10. The Balaban J connectivity index is 1.60. The number of hydrogen-bond donors (Lipinski definition) is 1. The highest BCUT2D eigenvalue weighted by molar-refractivity contribution is 7.80. The van der Waals surface area contributed by atoms with E-state index >= 15 is 0 Å². The van der Waals surface area contributed by atoms with Crippen LogP contribution in [0.3, 0.4) is 0 Å². The number of amides is 1. The van der Waals surface area contributed by atoms with Crippen molar-refractivity contribution in [3.05, 3.63) is 59.2 Å². The third-order valence-electron chi connectivity index (χ3n) is 6.69. The van der Waals surface area contributed by atoms with Crippen molar-refractivity contribution >= 4 is 23.2 Å². The highest BCUT2D eigenvalue weighted by atomic mass is 32.1. The monoisotopic (exact) mass is 462 g/mol. The van der Waals surface area contributed by atoms with Gasteiger partial charge in [-0.15, -0.1) is 0 Å². The van der Waals surface area contributed by atoms with E-state index in [9.17, 15) is 18.0 Å². The van der Waals surface area contributed by atoms with E-state index in [0.29, 0.717) is 37.0 Å². The van der Waals surface area contributed by atoms with Crippen LogP contribution in [0.5, 0.6) is 11.5 Å². The summed E-state index contributed by atoms with van der Waals surface area (Å²) in [6.07, 6.45) is -1.96. The zero-order chi connectivity index (χ0) is 22.7. The Bertz CT molecular complexity index is 1090. The number of likely N-dealkylation sites (N-methyl/N-ethyl adjacent to an activating group) is 1. The molecule has 1 unspecified atom stereocenters. The lowest BCUT2D eigenvalue weighted by atomic mass is 9.71. The van der Waals surface area contributed by atoms with Crippen molar-refractivity contribution in [2.45, 2.75) is 43.0 Å². The van der Waals surface area contributed by atoms with Gasteiger partial charge in [0.25, 0.3) is 5.91 Å². The fourth-order valence-corrected chi connectivity index (χ4v) is 5.37. The molecule has 1 saturated heterocycles. The smallest absolute Gasteiger partial charge is 0.422 e. The molecule has 1 atom stereocenters. The quantitative estimate of drug-likeness (QED) is 0.687. The minimum absolute atomic E-state index is 0.0214. The third kappa shape index (κ3) is 3.05. The number of fused-ring (bicyclic) bond motifs is 4. The summed E-state index contributed by atoms with van der Waals surface area (Å²) in [5.74, 6) is 0.197. The van der Waals surface area contributed by atoms with Gasteiger partial charge in [0.05, 0.1) is 0 Å². The predicted octanol–water partition coefficient (Wildman–Crippen LogP) is 3.88. The molecule has 168 valence electrons. The molecule has 1 amide bonds. The van der Waals surface area contributed by atoms with Crippen molar-refractivity contribution in [2.75, 3.05) is 13.7 Å². The molecule has 9 heteroatoms. The Morgan fingerprint density at radius 3 is 2.38 bits per heavy atom. The van der Waals surface area contributed by atoms with Gasteiger partial charge in [-0.25, -0.2) is 0 Å². The van der Waals surface area contributed by atoms with E-state index in [1.54, 1.807) is 13.1 Å². The number of carbonyl (C=O) groups excluding carboxylic acids is 1. The summed E-state index contributed by atoms with van der Waals surface area (Å²) < 4.78 is 49.6. The van der Waals surface area contributed by atoms with Gasteiger partial charge in [-0.1, -0.05) is 24.3 Å². The number of nitrogens with zero attached hydrogens (tertiary/aromatic N) is 1. The second-order valence-corrected chi connectivity index (χ2v) is 8.86. The van der Waals surface area contributed by atoms with Gasteiger partial charge in [0.2, 0.25) is 0 Å². The zero-order valence-corrected chi connectivity index (χ0v) is 18.1. The van der Waals surface area contributed by atoms with Crippen LogP contribution in [0.2, 0.25) is 0 Å². The number of ether oxygens (including phenoxy) is 2. The normalized spacial score (nSPS) is 23.6. The minimum atomic E-state index is -4.47. The first-order valence-electron chi connectivity index (χ1n) is 10.4. The highest BCUT2D eigenvalue weighted by Crippen LogP contribution is 2.56. The molecule has 5 nitrogen and oxygen atoms in total. The molecule has 0 radical (unpaired) electrons. The molecule has 2 aromatic carbocycles. The fourth-order valence-electron chi connectivity index (χ4n) is 5.13. The molecular formula is C23H21F3N2O3S. The van der Waals surface area contributed by atoms with E-state index in [-0.39, 0.29) is 16.8 Å². The lowest BCUT2D eigenvalue weighted by Crippen LogP contribution is -2.61. The highest BCUT2D eigenvalue weighted by Gasteiger charge is 2.68. The SMILES string of the molecule is CN1C(=O)C2(NC1=S)c1cc(OCC(F)(F)F)ccc1OC21CCc2ccccc2CC1. The molecule has 0 bridgehead atoms. The molecule has 1 aliphatic carbocycles. The van der Waals surface area contributed by atoms with Gasteiger partial charge in [0, 0.05) is 12.6 Å². The van der Waals surface area contributed by atoms with E-state index in [1.165, 1.54) is 28.2 Å². The van der Waals surface area contributed by atoms with Crippen LogP contribution in [0.1, 0.15) is 29.5 Å². The molecule has 5 rings (SSSR count). The Morgan fingerprint density at radius 1 is 1.16 bits per heavy atom. The van der Waals surface area contributed by atoms with Gasteiger partial charge in [-0.3, -0.25) is 9.69 Å². The molecule has 1 fully saturated rings. The minimum Gasteiger partial charge on any atom is -0.484 e. The van der Waals surface area contributed by atoms with Gasteiger partial charge in [-0.05, 0) is 67.2 Å². The molecule has 2 spiro atoms. The number of aryl methyl sites for hydroxylation is 2. The van der Waals surface area contributed by atoms with Crippen LogP contribution in [-0.2, 0) is 23.2 Å². The summed E-state index contributed by atoms with van der Waals surface area (Å²) in [6, 6.07) is 12.6. The maximum absolute atomic E-state index is 13.7. The molecular weight excluding hydrogens is 441 g/mol. The van der Waals surface area contributed by atoms with Gasteiger partial charge in [0.1, 0.15) is 17.1 Å². The maximum Gasteiger partial charge on any atom is 0.422 e. The topological polar surface area (TPSA) is 50.8 Å². The van der Waals surface area contributed by atoms with Gasteiger partial charge < -0.3 is 14.8 Å². The predicted molar refractivity (Wildman–Crippen MR) is 115 cm³/mol. The first-order chi connectivity index (χ1) is 15.2. The van der Waals surface area contributed by atoms with Crippen molar-refractivity contribution in [3.63, 3.8) is 0 Å². The van der Waals surface area contributed by atoms with E-state index in [1.807, 2.05) is 12.1 Å². The Labute approximate surface area is 188 Å². The molecule has 2 aromatic rings. The van der Waals surface area contributed by atoms with Gasteiger partial charge in [0.15, 0.2) is 17.3 Å². The third-order valence-corrected chi connectivity index (χ3v) is 7.06. The van der Waals surface area contributed by atoms with Crippen LogP contribution in [0.15, 0.2) is 42.5 Å². The Kier molecular flexibility index (Phi) is 4.67. The summed E-state index contributed by atoms with van der Waals surface area (Å²) in [6.45, 7) is -1.42. The number of rotatable bonds is 2. The van der Waals surface area contributed by atoms with Crippen LogP contribution < -0.4 is 14.8 Å². The number of carbonyl (C=O) groups is 1. The van der Waals surface area contributed by atoms with Crippen LogP contribution >= 0.6 is 12.2 Å². The molecule has 3 aliphatic rings. The van der Waals surface area contributed by atoms with Crippen molar-refractivity contribution in [1.29, 1.82) is 0 Å². The van der Waals surface area contributed by atoms with Crippen LogP contribution in [0.4, 0.5) is 13.2 Å². The first kappa shape index (κ1) is 21.1. The molecule has 1 N–H and O–H groups in total. The van der Waals surface area contributed by atoms with E-state index in [2.05, 4.69) is 17.4 Å². The fraction of sp³-hybridized carbons (Fsp3) is 0.391.